The van der Waals surface area contributed by atoms with E-state index in [1.165, 1.54) is 0 Å². The van der Waals surface area contributed by atoms with Crippen molar-refractivity contribution in [2.24, 2.45) is 0 Å². The van der Waals surface area contributed by atoms with Gasteiger partial charge in [-0.25, -0.2) is 8.78 Å². The van der Waals surface area contributed by atoms with Gasteiger partial charge in [0.05, 0.1) is 11.8 Å². The van der Waals surface area contributed by atoms with E-state index in [-0.39, 0.29) is 0 Å². The summed E-state index contributed by atoms with van der Waals surface area (Å²) in [7, 11) is 0. The molecule has 1 aliphatic heterocycles. The predicted octanol–water partition coefficient (Wildman–Crippen LogP) is 3.31. The lowest BCUT2D eigenvalue weighted by molar-refractivity contribution is 0.0822. The highest BCUT2D eigenvalue weighted by Gasteiger charge is 2.15. The van der Waals surface area contributed by atoms with Crippen LogP contribution in [0.2, 0.25) is 0 Å². The Kier molecular flexibility index (Phi) is 5.39. The summed E-state index contributed by atoms with van der Waals surface area (Å²) in [6.45, 7) is 1.02. The van der Waals surface area contributed by atoms with Gasteiger partial charge >= 0.3 is 0 Å². The number of benzene rings is 1. The van der Waals surface area contributed by atoms with Gasteiger partial charge in [0.25, 0.3) is 6.43 Å². The van der Waals surface area contributed by atoms with Gasteiger partial charge in [-0.2, -0.15) is 0 Å². The quantitative estimate of drug-likeness (QED) is 0.825. The molecule has 0 bridgehead atoms. The van der Waals surface area contributed by atoms with E-state index in [1.807, 2.05) is 12.1 Å². The minimum Gasteiger partial charge on any atom is -0.485 e. The van der Waals surface area contributed by atoms with Crippen molar-refractivity contribution in [3.63, 3.8) is 0 Å². The van der Waals surface area contributed by atoms with Crippen LogP contribution in [0.25, 0.3) is 0 Å². The molecule has 19 heavy (non-hydrogen) atoms. The Balaban J connectivity index is 1.80. The monoisotopic (exact) mass is 271 g/mol. The first-order chi connectivity index (χ1) is 9.25. The van der Waals surface area contributed by atoms with Gasteiger partial charge in [-0.15, -0.1) is 0 Å². The molecule has 1 aliphatic rings. The molecule has 2 rings (SSSR count). The van der Waals surface area contributed by atoms with E-state index in [1.54, 1.807) is 12.1 Å². The molecule has 5 heteroatoms. The zero-order valence-electron chi connectivity index (χ0n) is 10.8. The van der Waals surface area contributed by atoms with Gasteiger partial charge in [-0.1, -0.05) is 12.1 Å². The second-order valence-electron chi connectivity index (χ2n) is 4.55. The summed E-state index contributed by atoms with van der Waals surface area (Å²) in [4.78, 5) is 0. The number of rotatable bonds is 7. The smallest absolute Gasteiger partial charge is 0.272 e. The van der Waals surface area contributed by atoms with Crippen molar-refractivity contribution in [2.75, 3.05) is 25.1 Å². The predicted molar refractivity (Wildman–Crippen MR) is 70.0 cm³/mol. The molecule has 0 aliphatic carbocycles. The highest BCUT2D eigenvalue weighted by atomic mass is 19.3. The topological polar surface area (TPSA) is 30.5 Å². The minimum atomic E-state index is -2.46. The SMILES string of the molecule is FC(F)COc1ccccc1NCCC1CCCO1. The average molecular weight is 271 g/mol. The van der Waals surface area contributed by atoms with Gasteiger partial charge in [-0.05, 0) is 31.4 Å². The Morgan fingerprint density at radius 3 is 2.95 bits per heavy atom. The Bertz CT molecular complexity index is 381. The molecule has 1 aromatic carbocycles. The van der Waals surface area contributed by atoms with Crippen LogP contribution in [0.5, 0.6) is 5.75 Å². The molecule has 1 saturated heterocycles. The number of alkyl halides is 2. The van der Waals surface area contributed by atoms with Gasteiger partial charge in [0.15, 0.2) is 0 Å². The van der Waals surface area contributed by atoms with Crippen LogP contribution in [0, 0.1) is 0 Å². The second-order valence-corrected chi connectivity index (χ2v) is 4.55. The number of hydrogen-bond donors (Lipinski definition) is 1. The average Bonchev–Trinajstić information content (AvgIpc) is 2.91. The summed E-state index contributed by atoms with van der Waals surface area (Å²) < 4.78 is 34.9. The van der Waals surface area contributed by atoms with Gasteiger partial charge in [0, 0.05) is 13.2 Å². The number of anilines is 1. The van der Waals surface area contributed by atoms with Crippen molar-refractivity contribution in [1.82, 2.24) is 0 Å². The summed E-state index contributed by atoms with van der Waals surface area (Å²) in [6.07, 6.45) is 1.01. The molecule has 0 aromatic heterocycles. The Labute approximate surface area is 111 Å². The summed E-state index contributed by atoms with van der Waals surface area (Å²) >= 11 is 0. The van der Waals surface area contributed by atoms with E-state index in [0.717, 1.165) is 38.1 Å². The lowest BCUT2D eigenvalue weighted by atomic mass is 10.2. The van der Waals surface area contributed by atoms with Crippen molar-refractivity contribution in [2.45, 2.75) is 31.8 Å². The van der Waals surface area contributed by atoms with Crippen molar-refractivity contribution in [3.8, 4) is 5.75 Å². The standard InChI is InChI=1S/C14H19F2NO2/c15-14(16)10-19-13-6-2-1-5-12(13)17-8-7-11-4-3-9-18-11/h1-2,5-6,11,14,17H,3-4,7-10H2. The lowest BCUT2D eigenvalue weighted by Gasteiger charge is -2.14. The molecule has 106 valence electrons. The first kappa shape index (κ1) is 14.1. The van der Waals surface area contributed by atoms with Crippen LogP contribution in [-0.2, 0) is 4.74 Å². The third-order valence-electron chi connectivity index (χ3n) is 3.06. The fourth-order valence-corrected chi connectivity index (χ4v) is 2.13. The normalized spacial score (nSPS) is 18.8. The number of hydrogen-bond acceptors (Lipinski definition) is 3. The molecule has 1 aromatic rings. The van der Waals surface area contributed by atoms with Crippen molar-refractivity contribution in [1.29, 1.82) is 0 Å². The minimum absolute atomic E-state index is 0.321. The molecule has 3 nitrogen and oxygen atoms in total. The van der Waals surface area contributed by atoms with E-state index in [2.05, 4.69) is 5.32 Å². The Hall–Kier alpha value is -1.36. The number of para-hydroxylation sites is 2. The maximum Gasteiger partial charge on any atom is 0.272 e. The largest absolute Gasteiger partial charge is 0.485 e. The highest BCUT2D eigenvalue weighted by Crippen LogP contribution is 2.24. The van der Waals surface area contributed by atoms with E-state index in [0.29, 0.717) is 11.9 Å². The molecule has 0 radical (unpaired) electrons. The van der Waals surface area contributed by atoms with Crippen LogP contribution in [0.3, 0.4) is 0 Å². The van der Waals surface area contributed by atoms with Crippen molar-refractivity contribution >= 4 is 5.69 Å². The molecule has 1 N–H and O–H groups in total. The number of ether oxygens (including phenoxy) is 2. The zero-order valence-corrected chi connectivity index (χ0v) is 10.8. The van der Waals surface area contributed by atoms with Gasteiger partial charge in [-0.3, -0.25) is 0 Å². The molecule has 1 heterocycles. The Morgan fingerprint density at radius 2 is 2.21 bits per heavy atom. The van der Waals surface area contributed by atoms with Crippen LogP contribution in [-0.4, -0.2) is 32.3 Å². The second kappa shape index (κ2) is 7.28. The summed E-state index contributed by atoms with van der Waals surface area (Å²) in [5, 5.41) is 3.21. The van der Waals surface area contributed by atoms with Gasteiger partial charge < -0.3 is 14.8 Å². The van der Waals surface area contributed by atoms with E-state index in [4.69, 9.17) is 9.47 Å². The van der Waals surface area contributed by atoms with Crippen LogP contribution >= 0.6 is 0 Å². The van der Waals surface area contributed by atoms with Crippen molar-refractivity contribution < 1.29 is 18.3 Å². The van der Waals surface area contributed by atoms with E-state index >= 15 is 0 Å². The third kappa shape index (κ3) is 4.67. The third-order valence-corrected chi connectivity index (χ3v) is 3.06. The fraction of sp³-hybridized carbons (Fsp3) is 0.571. The molecular weight excluding hydrogens is 252 g/mol. The van der Waals surface area contributed by atoms with Crippen LogP contribution < -0.4 is 10.1 Å². The summed E-state index contributed by atoms with van der Waals surface area (Å²) in [6, 6.07) is 7.14. The zero-order chi connectivity index (χ0) is 13.5. The first-order valence-corrected chi connectivity index (χ1v) is 6.61. The van der Waals surface area contributed by atoms with Gasteiger partial charge in [0.1, 0.15) is 12.4 Å². The van der Waals surface area contributed by atoms with Crippen LogP contribution in [0.15, 0.2) is 24.3 Å². The maximum atomic E-state index is 12.1. The molecule has 1 fully saturated rings. The van der Waals surface area contributed by atoms with Gasteiger partial charge in [0.2, 0.25) is 0 Å². The number of halogens is 2. The highest BCUT2D eigenvalue weighted by molar-refractivity contribution is 5.56. The molecule has 1 atom stereocenters. The molecular formula is C14H19F2NO2. The summed E-state index contributed by atoms with van der Waals surface area (Å²) in [5.41, 5.74) is 0.751. The molecule has 1 unspecified atom stereocenters. The van der Waals surface area contributed by atoms with E-state index < -0.39 is 13.0 Å². The van der Waals surface area contributed by atoms with Crippen LogP contribution in [0.1, 0.15) is 19.3 Å². The fourth-order valence-electron chi connectivity index (χ4n) is 2.13. The summed E-state index contributed by atoms with van der Waals surface area (Å²) in [5.74, 6) is 0.468. The first-order valence-electron chi connectivity index (χ1n) is 6.61. The molecule has 0 saturated carbocycles. The number of nitrogens with one attached hydrogen (secondary N) is 1. The molecule has 0 amide bonds. The Morgan fingerprint density at radius 1 is 1.37 bits per heavy atom. The maximum absolute atomic E-state index is 12.1. The van der Waals surface area contributed by atoms with Crippen LogP contribution in [0.4, 0.5) is 14.5 Å². The van der Waals surface area contributed by atoms with E-state index in [9.17, 15) is 8.78 Å². The lowest BCUT2D eigenvalue weighted by Crippen LogP contribution is -2.14. The van der Waals surface area contributed by atoms with Crippen molar-refractivity contribution in [3.05, 3.63) is 24.3 Å². The molecule has 0 spiro atoms.